The Hall–Kier alpha value is -2.97. The van der Waals surface area contributed by atoms with E-state index < -0.39 is 10.0 Å². The number of aromatic nitrogens is 1. The Labute approximate surface area is 175 Å². The standard InChI is InChI=1S/C22H22FN3O3S/c23-19-8-6-18(7-9-19)17-26(30(27,28)21-4-2-1-3-5-21)20-10-11-22(24-16-20)25-12-14-29-15-13-25/h1-11,16H,12-15,17H2. The number of rotatable bonds is 6. The molecule has 4 rings (SSSR count). The van der Waals surface area contributed by atoms with E-state index in [4.69, 9.17) is 4.74 Å². The van der Waals surface area contributed by atoms with Gasteiger partial charge < -0.3 is 9.64 Å². The third-order valence-electron chi connectivity index (χ3n) is 4.93. The molecule has 0 unspecified atom stereocenters. The van der Waals surface area contributed by atoms with Crippen LogP contribution in [0.5, 0.6) is 0 Å². The van der Waals surface area contributed by atoms with Crippen LogP contribution in [0.4, 0.5) is 15.9 Å². The van der Waals surface area contributed by atoms with E-state index in [2.05, 4.69) is 9.88 Å². The summed E-state index contributed by atoms with van der Waals surface area (Å²) in [4.78, 5) is 6.78. The van der Waals surface area contributed by atoms with Crippen LogP contribution >= 0.6 is 0 Å². The summed E-state index contributed by atoms with van der Waals surface area (Å²) in [6, 6.07) is 17.6. The van der Waals surface area contributed by atoms with E-state index in [1.165, 1.54) is 16.4 Å². The van der Waals surface area contributed by atoms with Crippen molar-refractivity contribution in [3.63, 3.8) is 0 Å². The third kappa shape index (κ3) is 4.44. The molecule has 156 valence electrons. The Morgan fingerprint density at radius 1 is 0.967 bits per heavy atom. The smallest absolute Gasteiger partial charge is 0.264 e. The van der Waals surface area contributed by atoms with E-state index in [-0.39, 0.29) is 17.3 Å². The van der Waals surface area contributed by atoms with E-state index >= 15 is 0 Å². The maximum absolute atomic E-state index is 13.4. The quantitative estimate of drug-likeness (QED) is 0.603. The molecule has 0 saturated carbocycles. The van der Waals surface area contributed by atoms with E-state index in [9.17, 15) is 12.8 Å². The molecule has 0 N–H and O–H groups in total. The van der Waals surface area contributed by atoms with Crippen LogP contribution in [-0.4, -0.2) is 39.7 Å². The van der Waals surface area contributed by atoms with Gasteiger partial charge in [0, 0.05) is 13.1 Å². The molecule has 1 aliphatic rings. The number of anilines is 2. The van der Waals surface area contributed by atoms with Gasteiger partial charge in [-0.3, -0.25) is 4.31 Å². The van der Waals surface area contributed by atoms with Crippen LogP contribution in [0, 0.1) is 5.82 Å². The molecule has 30 heavy (non-hydrogen) atoms. The average molecular weight is 428 g/mol. The van der Waals surface area contributed by atoms with Gasteiger partial charge in [-0.1, -0.05) is 30.3 Å². The molecule has 8 heteroatoms. The molecule has 1 aliphatic heterocycles. The molecule has 2 aromatic carbocycles. The second-order valence-electron chi connectivity index (χ2n) is 6.93. The molecule has 0 radical (unpaired) electrons. The van der Waals surface area contributed by atoms with Gasteiger partial charge in [0.25, 0.3) is 10.0 Å². The lowest BCUT2D eigenvalue weighted by molar-refractivity contribution is 0.122. The van der Waals surface area contributed by atoms with Crippen molar-refractivity contribution in [3.05, 3.63) is 84.3 Å². The van der Waals surface area contributed by atoms with Crippen LogP contribution in [0.1, 0.15) is 5.56 Å². The van der Waals surface area contributed by atoms with Crippen LogP contribution in [0.15, 0.2) is 77.8 Å². The highest BCUT2D eigenvalue weighted by atomic mass is 32.2. The van der Waals surface area contributed by atoms with Gasteiger partial charge in [0.2, 0.25) is 0 Å². The Morgan fingerprint density at radius 2 is 1.67 bits per heavy atom. The molecule has 6 nitrogen and oxygen atoms in total. The first kappa shape index (κ1) is 20.3. The van der Waals surface area contributed by atoms with Gasteiger partial charge in [0.05, 0.1) is 36.5 Å². The fourth-order valence-electron chi connectivity index (χ4n) is 3.30. The van der Waals surface area contributed by atoms with Crippen molar-refractivity contribution in [2.24, 2.45) is 0 Å². The summed E-state index contributed by atoms with van der Waals surface area (Å²) in [6.07, 6.45) is 1.56. The SMILES string of the molecule is O=S(=O)(c1ccccc1)N(Cc1ccc(F)cc1)c1ccc(N2CCOCC2)nc1. The summed E-state index contributed by atoms with van der Waals surface area (Å²) in [5.74, 6) is 0.411. The van der Waals surface area contributed by atoms with Crippen molar-refractivity contribution >= 4 is 21.5 Å². The zero-order chi connectivity index (χ0) is 21.0. The monoisotopic (exact) mass is 427 g/mol. The second-order valence-corrected chi connectivity index (χ2v) is 8.79. The lowest BCUT2D eigenvalue weighted by Crippen LogP contribution is -2.36. The van der Waals surface area contributed by atoms with Gasteiger partial charge in [-0.25, -0.2) is 17.8 Å². The number of pyridine rings is 1. The van der Waals surface area contributed by atoms with E-state index in [1.54, 1.807) is 54.7 Å². The molecule has 1 fully saturated rings. The van der Waals surface area contributed by atoms with Gasteiger partial charge >= 0.3 is 0 Å². The van der Waals surface area contributed by atoms with Gasteiger partial charge in [0.1, 0.15) is 11.6 Å². The van der Waals surface area contributed by atoms with Gasteiger partial charge in [-0.05, 0) is 42.0 Å². The largest absolute Gasteiger partial charge is 0.378 e. The molecule has 0 spiro atoms. The van der Waals surface area contributed by atoms with E-state index in [0.717, 1.165) is 18.9 Å². The molecule has 2 heterocycles. The van der Waals surface area contributed by atoms with Crippen molar-refractivity contribution < 1.29 is 17.5 Å². The third-order valence-corrected chi connectivity index (χ3v) is 6.71. The van der Waals surface area contributed by atoms with Crippen molar-refractivity contribution in [1.82, 2.24) is 4.98 Å². The van der Waals surface area contributed by atoms with Gasteiger partial charge in [-0.15, -0.1) is 0 Å². The van der Waals surface area contributed by atoms with Crippen LogP contribution in [0.25, 0.3) is 0 Å². The summed E-state index contributed by atoms with van der Waals surface area (Å²) in [7, 11) is -3.83. The van der Waals surface area contributed by atoms with Crippen molar-refractivity contribution in [3.8, 4) is 0 Å². The zero-order valence-corrected chi connectivity index (χ0v) is 17.1. The molecule has 3 aromatic rings. The maximum Gasteiger partial charge on any atom is 0.264 e. The molecule has 0 atom stereocenters. The summed E-state index contributed by atoms with van der Waals surface area (Å²) in [5, 5.41) is 0. The minimum Gasteiger partial charge on any atom is -0.378 e. The molecule has 1 saturated heterocycles. The van der Waals surface area contributed by atoms with Crippen LogP contribution in [-0.2, 0) is 21.3 Å². The Morgan fingerprint density at radius 3 is 2.30 bits per heavy atom. The predicted molar refractivity (Wildman–Crippen MR) is 113 cm³/mol. The zero-order valence-electron chi connectivity index (χ0n) is 16.3. The highest BCUT2D eigenvalue weighted by Gasteiger charge is 2.26. The first-order valence-corrected chi connectivity index (χ1v) is 11.1. The molecular weight excluding hydrogens is 405 g/mol. The maximum atomic E-state index is 13.4. The normalized spacial score (nSPS) is 14.5. The van der Waals surface area contributed by atoms with E-state index in [1.807, 2.05) is 6.07 Å². The molecule has 0 amide bonds. The molecule has 0 aliphatic carbocycles. The molecule has 1 aromatic heterocycles. The number of halogens is 1. The summed E-state index contributed by atoms with van der Waals surface area (Å²) in [6.45, 7) is 2.84. The van der Waals surface area contributed by atoms with Crippen LogP contribution in [0.3, 0.4) is 0 Å². The van der Waals surface area contributed by atoms with Gasteiger partial charge in [-0.2, -0.15) is 0 Å². The fourth-order valence-corrected chi connectivity index (χ4v) is 4.76. The van der Waals surface area contributed by atoms with Crippen molar-refractivity contribution in [2.45, 2.75) is 11.4 Å². The number of hydrogen-bond acceptors (Lipinski definition) is 5. The summed E-state index contributed by atoms with van der Waals surface area (Å²) in [5.41, 5.74) is 1.12. The Kier molecular flexibility index (Phi) is 5.96. The van der Waals surface area contributed by atoms with Crippen LogP contribution < -0.4 is 9.21 Å². The topological polar surface area (TPSA) is 62.7 Å². The lowest BCUT2D eigenvalue weighted by Gasteiger charge is -2.29. The number of hydrogen-bond donors (Lipinski definition) is 0. The highest BCUT2D eigenvalue weighted by molar-refractivity contribution is 7.92. The Bertz CT molecular complexity index is 1070. The number of morpholine rings is 1. The first-order chi connectivity index (χ1) is 14.5. The minimum atomic E-state index is -3.83. The molecule has 0 bridgehead atoms. The van der Waals surface area contributed by atoms with Gasteiger partial charge in [0.15, 0.2) is 0 Å². The number of ether oxygens (including phenoxy) is 1. The summed E-state index contributed by atoms with van der Waals surface area (Å²) >= 11 is 0. The molecular formula is C22H22FN3O3S. The first-order valence-electron chi connectivity index (χ1n) is 9.65. The van der Waals surface area contributed by atoms with Crippen molar-refractivity contribution in [1.29, 1.82) is 0 Å². The number of nitrogens with zero attached hydrogens (tertiary/aromatic N) is 3. The fraction of sp³-hybridized carbons (Fsp3) is 0.227. The Balaban J connectivity index is 1.68. The second kappa shape index (κ2) is 8.81. The van der Waals surface area contributed by atoms with Crippen LogP contribution in [0.2, 0.25) is 0 Å². The lowest BCUT2D eigenvalue weighted by atomic mass is 10.2. The predicted octanol–water partition coefficient (Wildman–Crippen LogP) is 3.45. The number of sulfonamides is 1. The summed E-state index contributed by atoms with van der Waals surface area (Å²) < 4.78 is 46.8. The minimum absolute atomic E-state index is 0.0656. The average Bonchev–Trinajstić information content (AvgIpc) is 2.80. The highest BCUT2D eigenvalue weighted by Crippen LogP contribution is 2.27. The number of benzene rings is 2. The van der Waals surface area contributed by atoms with E-state index in [0.29, 0.717) is 24.5 Å². The van der Waals surface area contributed by atoms with Crippen molar-refractivity contribution in [2.75, 3.05) is 35.5 Å².